The Labute approximate surface area is 182 Å². The summed E-state index contributed by atoms with van der Waals surface area (Å²) in [5, 5.41) is 0. The molecule has 0 saturated carbocycles. The van der Waals surface area contributed by atoms with Crippen LogP contribution in [0.15, 0.2) is 66.0 Å². The van der Waals surface area contributed by atoms with Crippen LogP contribution in [0.5, 0.6) is 0 Å². The molecule has 0 aliphatic rings. The lowest BCUT2D eigenvalue weighted by Gasteiger charge is -2.27. The SMILES string of the molecule is C=CCN(C(=C)C(=O)OC(C)(C)C)C(=O)C(=C/C)/C(=N\C=C\C(C)C)C(=C)C(C)C. The lowest BCUT2D eigenvalue weighted by atomic mass is 9.93. The van der Waals surface area contributed by atoms with Crippen molar-refractivity contribution in [3.63, 3.8) is 0 Å². The number of carbonyl (C=O) groups is 2. The minimum atomic E-state index is -0.702. The lowest BCUT2D eigenvalue weighted by Crippen LogP contribution is -2.39. The van der Waals surface area contributed by atoms with Crippen LogP contribution in [-0.2, 0) is 14.3 Å². The Bertz CT molecular complexity index is 760. The molecule has 0 bridgehead atoms. The Kier molecular flexibility index (Phi) is 11.0. The van der Waals surface area contributed by atoms with Gasteiger partial charge >= 0.3 is 5.97 Å². The van der Waals surface area contributed by atoms with E-state index in [1.54, 1.807) is 40.0 Å². The number of esters is 1. The smallest absolute Gasteiger partial charge is 0.354 e. The van der Waals surface area contributed by atoms with E-state index in [0.29, 0.717) is 17.2 Å². The summed E-state index contributed by atoms with van der Waals surface area (Å²) in [5.41, 5.74) is 0.800. The van der Waals surface area contributed by atoms with Gasteiger partial charge in [0.1, 0.15) is 11.3 Å². The predicted molar refractivity (Wildman–Crippen MR) is 126 cm³/mol. The molecular formula is C25H38N2O3. The first-order valence-electron chi connectivity index (χ1n) is 10.2. The number of amides is 1. The fourth-order valence-corrected chi connectivity index (χ4v) is 2.29. The van der Waals surface area contributed by atoms with Crippen molar-refractivity contribution in [1.29, 1.82) is 0 Å². The quantitative estimate of drug-likeness (QED) is 0.202. The number of rotatable bonds is 10. The molecule has 0 rings (SSSR count). The molecule has 0 fully saturated rings. The average Bonchev–Trinajstić information content (AvgIpc) is 2.62. The Balaban J connectivity index is 6.18. The van der Waals surface area contributed by atoms with E-state index in [2.05, 4.69) is 24.7 Å². The van der Waals surface area contributed by atoms with Gasteiger partial charge in [-0.25, -0.2) is 4.79 Å². The van der Waals surface area contributed by atoms with E-state index in [1.165, 1.54) is 11.0 Å². The Morgan fingerprint density at radius 2 is 1.70 bits per heavy atom. The minimum absolute atomic E-state index is 0.0543. The van der Waals surface area contributed by atoms with Gasteiger partial charge in [-0.15, -0.1) is 6.58 Å². The van der Waals surface area contributed by atoms with Gasteiger partial charge < -0.3 is 4.74 Å². The normalized spacial score (nSPS) is 13.0. The molecule has 0 aliphatic heterocycles. The van der Waals surface area contributed by atoms with E-state index in [-0.39, 0.29) is 18.2 Å². The molecule has 5 heteroatoms. The Morgan fingerprint density at radius 3 is 2.10 bits per heavy atom. The number of nitrogens with zero attached hydrogens (tertiary/aromatic N) is 2. The molecule has 0 aromatic carbocycles. The van der Waals surface area contributed by atoms with Gasteiger partial charge in [0.25, 0.3) is 5.91 Å². The van der Waals surface area contributed by atoms with Gasteiger partial charge in [0.15, 0.2) is 0 Å². The standard InChI is InChI=1S/C25H38N2O3/c1-12-16-27(20(8)24(29)30-25(9,10)11)23(28)21(13-2)22(19(7)18(5)6)26-15-14-17(3)4/h12-15,17-18H,1,7-8,16H2,2-6,9-11H3/b15-14+,21-13+,26-22-. The van der Waals surface area contributed by atoms with Gasteiger partial charge in [0.05, 0.1) is 11.3 Å². The molecule has 0 aliphatic carbocycles. The zero-order valence-electron chi connectivity index (χ0n) is 19.9. The molecule has 0 aromatic rings. The van der Waals surface area contributed by atoms with Gasteiger partial charge in [-0.2, -0.15) is 0 Å². The monoisotopic (exact) mass is 414 g/mol. The summed E-state index contributed by atoms with van der Waals surface area (Å²) in [7, 11) is 0. The lowest BCUT2D eigenvalue weighted by molar-refractivity contribution is -0.153. The number of carbonyl (C=O) groups excluding carboxylic acids is 2. The summed E-state index contributed by atoms with van der Waals surface area (Å²) in [6, 6.07) is 0. The first-order valence-corrected chi connectivity index (χ1v) is 10.2. The minimum Gasteiger partial charge on any atom is -0.455 e. The molecule has 30 heavy (non-hydrogen) atoms. The predicted octanol–water partition coefficient (Wildman–Crippen LogP) is 5.63. The van der Waals surface area contributed by atoms with Crippen molar-refractivity contribution in [2.75, 3.05) is 6.54 Å². The molecule has 1 amide bonds. The third-order valence-corrected chi connectivity index (χ3v) is 3.97. The highest BCUT2D eigenvalue weighted by atomic mass is 16.6. The summed E-state index contributed by atoms with van der Waals surface area (Å²) in [6.07, 6.45) is 6.83. The van der Waals surface area contributed by atoms with Crippen LogP contribution >= 0.6 is 0 Å². The molecule has 0 N–H and O–H groups in total. The summed E-state index contributed by atoms with van der Waals surface area (Å²) >= 11 is 0. The number of allylic oxidation sites excluding steroid dienone is 3. The van der Waals surface area contributed by atoms with Crippen LogP contribution in [0.4, 0.5) is 0 Å². The van der Waals surface area contributed by atoms with Crippen LogP contribution in [0.3, 0.4) is 0 Å². The molecule has 5 nitrogen and oxygen atoms in total. The second kappa shape index (κ2) is 12.1. The molecule has 0 unspecified atom stereocenters. The van der Waals surface area contributed by atoms with Gasteiger partial charge in [-0.1, -0.05) is 59.1 Å². The zero-order valence-corrected chi connectivity index (χ0v) is 19.9. The molecule has 0 atom stereocenters. The number of aliphatic imine (C=N–C) groups is 1. The van der Waals surface area contributed by atoms with Crippen molar-refractivity contribution in [3.05, 3.63) is 61.0 Å². The molecular weight excluding hydrogens is 376 g/mol. The topological polar surface area (TPSA) is 59.0 Å². The van der Waals surface area contributed by atoms with E-state index in [9.17, 15) is 9.59 Å². The van der Waals surface area contributed by atoms with Crippen LogP contribution in [0.2, 0.25) is 0 Å². The zero-order chi connectivity index (χ0) is 23.6. The Morgan fingerprint density at radius 1 is 1.13 bits per heavy atom. The molecule has 0 saturated heterocycles. The molecule has 0 heterocycles. The van der Waals surface area contributed by atoms with Gasteiger partial charge in [0.2, 0.25) is 0 Å². The van der Waals surface area contributed by atoms with Crippen LogP contribution in [0.1, 0.15) is 55.4 Å². The highest BCUT2D eigenvalue weighted by molar-refractivity contribution is 6.28. The first-order chi connectivity index (χ1) is 13.8. The summed E-state index contributed by atoms with van der Waals surface area (Å²) < 4.78 is 5.38. The first kappa shape index (κ1) is 27.3. The maximum atomic E-state index is 13.4. The number of hydrogen-bond donors (Lipinski definition) is 0. The van der Waals surface area contributed by atoms with Crippen LogP contribution in [0.25, 0.3) is 0 Å². The van der Waals surface area contributed by atoms with Crippen molar-refractivity contribution in [3.8, 4) is 0 Å². The third kappa shape index (κ3) is 8.76. The van der Waals surface area contributed by atoms with E-state index in [0.717, 1.165) is 5.57 Å². The third-order valence-electron chi connectivity index (χ3n) is 3.97. The van der Waals surface area contributed by atoms with Crippen LogP contribution < -0.4 is 0 Å². The van der Waals surface area contributed by atoms with Crippen molar-refractivity contribution < 1.29 is 14.3 Å². The summed E-state index contributed by atoms with van der Waals surface area (Å²) in [4.78, 5) is 31.7. The van der Waals surface area contributed by atoms with E-state index in [4.69, 9.17) is 4.74 Å². The van der Waals surface area contributed by atoms with Crippen LogP contribution in [-0.4, -0.2) is 34.6 Å². The number of ether oxygens (including phenoxy) is 1. The Hall–Kier alpha value is -2.69. The molecule has 0 spiro atoms. The second-order valence-electron chi connectivity index (χ2n) is 8.60. The summed E-state index contributed by atoms with van der Waals surface area (Å²) in [5.74, 6) is -0.669. The van der Waals surface area contributed by atoms with Crippen LogP contribution in [0, 0.1) is 11.8 Å². The second-order valence-corrected chi connectivity index (χ2v) is 8.60. The van der Waals surface area contributed by atoms with Gasteiger partial charge in [-0.3, -0.25) is 14.7 Å². The average molecular weight is 415 g/mol. The fourth-order valence-electron chi connectivity index (χ4n) is 2.29. The fraction of sp³-hybridized carbons (Fsp3) is 0.480. The van der Waals surface area contributed by atoms with E-state index in [1.807, 2.05) is 33.8 Å². The summed E-state index contributed by atoms with van der Waals surface area (Å²) in [6.45, 7) is 26.8. The highest BCUT2D eigenvalue weighted by Gasteiger charge is 2.29. The van der Waals surface area contributed by atoms with Crippen molar-refractivity contribution in [2.24, 2.45) is 16.8 Å². The van der Waals surface area contributed by atoms with Crippen molar-refractivity contribution >= 4 is 17.6 Å². The number of hydrogen-bond acceptors (Lipinski definition) is 4. The largest absolute Gasteiger partial charge is 0.455 e. The van der Waals surface area contributed by atoms with Crippen molar-refractivity contribution in [1.82, 2.24) is 4.90 Å². The maximum absolute atomic E-state index is 13.4. The van der Waals surface area contributed by atoms with Crippen molar-refractivity contribution in [2.45, 2.75) is 61.0 Å². The van der Waals surface area contributed by atoms with Gasteiger partial charge in [0, 0.05) is 12.7 Å². The molecule has 0 radical (unpaired) electrons. The van der Waals surface area contributed by atoms with E-state index >= 15 is 0 Å². The molecule has 166 valence electrons. The van der Waals surface area contributed by atoms with E-state index < -0.39 is 17.5 Å². The van der Waals surface area contributed by atoms with Gasteiger partial charge in [-0.05, 0) is 45.1 Å². The maximum Gasteiger partial charge on any atom is 0.354 e. The highest BCUT2D eigenvalue weighted by Crippen LogP contribution is 2.21. The molecule has 0 aromatic heterocycles.